The highest BCUT2D eigenvalue weighted by atomic mass is 35.5. The molecular formula is C14H16ClNS. The second-order valence-electron chi connectivity index (χ2n) is 4.44. The number of rotatable bonds is 4. The van der Waals surface area contributed by atoms with Crippen LogP contribution < -0.4 is 0 Å². The summed E-state index contributed by atoms with van der Waals surface area (Å²) < 4.78 is 0. The third kappa shape index (κ3) is 3.30. The lowest BCUT2D eigenvalue weighted by atomic mass is 10.0. The fraction of sp³-hybridized carbons (Fsp3) is 0.357. The van der Waals surface area contributed by atoms with Gasteiger partial charge in [0.05, 0.1) is 16.6 Å². The van der Waals surface area contributed by atoms with Crippen LogP contribution in [0.25, 0.3) is 0 Å². The van der Waals surface area contributed by atoms with Gasteiger partial charge in [0, 0.05) is 11.8 Å². The lowest BCUT2D eigenvalue weighted by Crippen LogP contribution is -1.91. The van der Waals surface area contributed by atoms with E-state index in [2.05, 4.69) is 43.1 Å². The van der Waals surface area contributed by atoms with Crippen molar-refractivity contribution in [1.29, 1.82) is 0 Å². The summed E-state index contributed by atoms with van der Waals surface area (Å²) in [4.78, 5) is 4.47. The van der Waals surface area contributed by atoms with Crippen molar-refractivity contribution in [2.45, 2.75) is 32.1 Å². The molecule has 1 nitrogen and oxygen atoms in total. The first-order valence-corrected chi connectivity index (χ1v) is 7.18. The summed E-state index contributed by atoms with van der Waals surface area (Å²) in [5.74, 6) is 1.09. The quantitative estimate of drug-likeness (QED) is 0.737. The molecule has 2 rings (SSSR count). The predicted octanol–water partition coefficient (Wildman–Crippen LogP) is 4.60. The van der Waals surface area contributed by atoms with E-state index in [0.29, 0.717) is 11.8 Å². The zero-order valence-corrected chi connectivity index (χ0v) is 11.7. The Kier molecular flexibility index (Phi) is 4.19. The van der Waals surface area contributed by atoms with E-state index in [1.165, 1.54) is 11.1 Å². The fourth-order valence-electron chi connectivity index (χ4n) is 1.69. The molecule has 0 unspecified atom stereocenters. The molecule has 1 heterocycles. The first-order valence-electron chi connectivity index (χ1n) is 5.77. The van der Waals surface area contributed by atoms with Crippen molar-refractivity contribution in [3.63, 3.8) is 0 Å². The maximum atomic E-state index is 5.74. The summed E-state index contributed by atoms with van der Waals surface area (Å²) >= 11 is 7.43. The second-order valence-corrected chi connectivity index (χ2v) is 5.65. The van der Waals surface area contributed by atoms with Crippen molar-refractivity contribution in [3.8, 4) is 0 Å². The van der Waals surface area contributed by atoms with Gasteiger partial charge in [-0.2, -0.15) is 0 Å². The predicted molar refractivity (Wildman–Crippen MR) is 75.0 cm³/mol. The molecule has 0 spiro atoms. The van der Waals surface area contributed by atoms with E-state index in [9.17, 15) is 0 Å². The van der Waals surface area contributed by atoms with Gasteiger partial charge in [-0.15, -0.1) is 22.9 Å². The Bertz CT molecular complexity index is 473. The van der Waals surface area contributed by atoms with Gasteiger partial charge in [-0.25, -0.2) is 4.98 Å². The van der Waals surface area contributed by atoms with Crippen molar-refractivity contribution in [2.24, 2.45) is 0 Å². The smallest absolute Gasteiger partial charge is 0.0972 e. The Labute approximate surface area is 111 Å². The fourth-order valence-corrected chi connectivity index (χ4v) is 2.74. The summed E-state index contributed by atoms with van der Waals surface area (Å²) in [6.07, 6.45) is 0.903. The third-order valence-electron chi connectivity index (χ3n) is 2.74. The summed E-state index contributed by atoms with van der Waals surface area (Å²) in [5, 5.41) is 3.17. The van der Waals surface area contributed by atoms with Gasteiger partial charge in [-0.3, -0.25) is 0 Å². The summed E-state index contributed by atoms with van der Waals surface area (Å²) in [7, 11) is 0. The Hall–Kier alpha value is -0.860. The highest BCUT2D eigenvalue weighted by molar-refractivity contribution is 7.09. The van der Waals surface area contributed by atoms with E-state index in [1.807, 2.05) is 5.38 Å². The maximum Gasteiger partial charge on any atom is 0.0972 e. The topological polar surface area (TPSA) is 12.9 Å². The molecule has 90 valence electrons. The summed E-state index contributed by atoms with van der Waals surface area (Å²) in [5.41, 5.74) is 3.67. The average molecular weight is 266 g/mol. The van der Waals surface area contributed by atoms with Gasteiger partial charge in [0.15, 0.2) is 0 Å². The minimum atomic E-state index is 0.503. The van der Waals surface area contributed by atoms with E-state index in [4.69, 9.17) is 11.6 Å². The highest BCUT2D eigenvalue weighted by Gasteiger charge is 2.03. The van der Waals surface area contributed by atoms with Gasteiger partial charge in [0.1, 0.15) is 0 Å². The molecule has 0 fully saturated rings. The normalized spacial score (nSPS) is 11.1. The van der Waals surface area contributed by atoms with Crippen molar-refractivity contribution in [1.82, 2.24) is 4.98 Å². The largest absolute Gasteiger partial charge is 0.245 e. The van der Waals surface area contributed by atoms with E-state index in [-0.39, 0.29) is 0 Å². The van der Waals surface area contributed by atoms with Crippen LogP contribution in [0.3, 0.4) is 0 Å². The van der Waals surface area contributed by atoms with Crippen LogP contribution in [-0.4, -0.2) is 4.98 Å². The number of thiazole rings is 1. The van der Waals surface area contributed by atoms with Crippen LogP contribution in [0.5, 0.6) is 0 Å². The molecular weight excluding hydrogens is 250 g/mol. The molecule has 0 bridgehead atoms. The van der Waals surface area contributed by atoms with Crippen LogP contribution in [-0.2, 0) is 12.3 Å². The van der Waals surface area contributed by atoms with E-state index >= 15 is 0 Å². The SMILES string of the molecule is CC(C)c1ccc(Cc2nc(CCl)cs2)cc1. The van der Waals surface area contributed by atoms with E-state index < -0.39 is 0 Å². The first kappa shape index (κ1) is 12.6. The Morgan fingerprint density at radius 2 is 1.94 bits per heavy atom. The first-order chi connectivity index (χ1) is 8.19. The molecule has 1 aromatic carbocycles. The van der Waals surface area contributed by atoms with Gasteiger partial charge in [0.2, 0.25) is 0 Å². The van der Waals surface area contributed by atoms with Crippen LogP contribution in [0.2, 0.25) is 0 Å². The van der Waals surface area contributed by atoms with Crippen LogP contribution in [0.1, 0.15) is 41.6 Å². The molecule has 0 saturated heterocycles. The van der Waals surface area contributed by atoms with Crippen LogP contribution in [0, 0.1) is 0 Å². The third-order valence-corrected chi connectivity index (χ3v) is 3.91. The Morgan fingerprint density at radius 1 is 1.24 bits per heavy atom. The molecule has 0 aliphatic carbocycles. The molecule has 0 atom stereocenters. The van der Waals surface area contributed by atoms with Crippen LogP contribution in [0.15, 0.2) is 29.6 Å². The number of alkyl halides is 1. The zero-order chi connectivity index (χ0) is 12.3. The van der Waals surface area contributed by atoms with Gasteiger partial charge in [-0.05, 0) is 17.0 Å². The lowest BCUT2D eigenvalue weighted by Gasteiger charge is -2.05. The number of hydrogen-bond donors (Lipinski definition) is 0. The number of nitrogens with zero attached hydrogens (tertiary/aromatic N) is 1. The van der Waals surface area contributed by atoms with Crippen molar-refractivity contribution in [2.75, 3.05) is 0 Å². The van der Waals surface area contributed by atoms with Crippen LogP contribution >= 0.6 is 22.9 Å². The number of aromatic nitrogens is 1. The van der Waals surface area contributed by atoms with E-state index in [0.717, 1.165) is 17.1 Å². The monoisotopic (exact) mass is 265 g/mol. The molecule has 3 heteroatoms. The molecule has 0 amide bonds. The molecule has 0 radical (unpaired) electrons. The Balaban J connectivity index is 2.08. The molecule has 0 N–H and O–H groups in total. The zero-order valence-electron chi connectivity index (χ0n) is 10.1. The van der Waals surface area contributed by atoms with Gasteiger partial charge >= 0.3 is 0 Å². The van der Waals surface area contributed by atoms with Gasteiger partial charge in [-0.1, -0.05) is 38.1 Å². The van der Waals surface area contributed by atoms with Gasteiger partial charge < -0.3 is 0 Å². The molecule has 17 heavy (non-hydrogen) atoms. The minimum absolute atomic E-state index is 0.503. The molecule has 0 saturated carbocycles. The number of benzene rings is 1. The Morgan fingerprint density at radius 3 is 2.47 bits per heavy atom. The summed E-state index contributed by atoms with van der Waals surface area (Å²) in [6, 6.07) is 8.79. The molecule has 2 aromatic rings. The molecule has 0 aliphatic heterocycles. The standard InChI is InChI=1S/C14H16ClNS/c1-10(2)12-5-3-11(4-6-12)7-14-16-13(8-15)9-17-14/h3-6,9-10H,7-8H2,1-2H3. The minimum Gasteiger partial charge on any atom is -0.245 e. The van der Waals surface area contributed by atoms with Gasteiger partial charge in [0.25, 0.3) is 0 Å². The van der Waals surface area contributed by atoms with E-state index in [1.54, 1.807) is 11.3 Å². The van der Waals surface area contributed by atoms with Crippen molar-refractivity contribution >= 4 is 22.9 Å². The second kappa shape index (κ2) is 5.65. The molecule has 1 aromatic heterocycles. The average Bonchev–Trinajstić information content (AvgIpc) is 2.77. The number of hydrogen-bond acceptors (Lipinski definition) is 2. The van der Waals surface area contributed by atoms with Crippen LogP contribution in [0.4, 0.5) is 0 Å². The van der Waals surface area contributed by atoms with Crippen molar-refractivity contribution < 1.29 is 0 Å². The number of halogens is 1. The molecule has 0 aliphatic rings. The lowest BCUT2D eigenvalue weighted by molar-refractivity contribution is 0.865. The highest BCUT2D eigenvalue weighted by Crippen LogP contribution is 2.19. The summed E-state index contributed by atoms with van der Waals surface area (Å²) in [6.45, 7) is 4.42. The maximum absolute atomic E-state index is 5.74. The van der Waals surface area contributed by atoms with Crippen molar-refractivity contribution in [3.05, 3.63) is 51.5 Å².